The van der Waals surface area contributed by atoms with Crippen LogP contribution in [0.1, 0.15) is 38.7 Å². The second-order valence-electron chi connectivity index (χ2n) is 6.01. The molecule has 1 fully saturated rings. The molecule has 1 aliphatic heterocycles. The van der Waals surface area contributed by atoms with Gasteiger partial charge in [-0.3, -0.25) is 4.79 Å². The predicted molar refractivity (Wildman–Crippen MR) is 82.6 cm³/mol. The number of carbonyl (C=O) groups excluding carboxylic acids is 1. The van der Waals surface area contributed by atoms with Crippen molar-refractivity contribution < 1.29 is 4.79 Å². The molecule has 20 heavy (non-hydrogen) atoms. The van der Waals surface area contributed by atoms with Crippen LogP contribution in [0.25, 0.3) is 0 Å². The van der Waals surface area contributed by atoms with Crippen molar-refractivity contribution in [3.63, 3.8) is 0 Å². The Hall–Kier alpha value is -1.35. The average Bonchev–Trinajstić information content (AvgIpc) is 2.46. The van der Waals surface area contributed by atoms with Crippen molar-refractivity contribution in [2.75, 3.05) is 6.54 Å². The Morgan fingerprint density at radius 2 is 2.15 bits per heavy atom. The summed E-state index contributed by atoms with van der Waals surface area (Å²) in [6.45, 7) is 5.21. The molecule has 1 saturated heterocycles. The van der Waals surface area contributed by atoms with Crippen LogP contribution in [0.5, 0.6) is 0 Å². The van der Waals surface area contributed by atoms with Gasteiger partial charge in [0.1, 0.15) is 0 Å². The van der Waals surface area contributed by atoms with Gasteiger partial charge in [0.2, 0.25) is 5.91 Å². The van der Waals surface area contributed by atoms with Crippen LogP contribution < -0.4 is 10.6 Å². The van der Waals surface area contributed by atoms with Crippen LogP contribution in [-0.2, 0) is 11.2 Å². The molecule has 2 N–H and O–H groups in total. The first-order valence-corrected chi connectivity index (χ1v) is 7.73. The fourth-order valence-corrected chi connectivity index (χ4v) is 2.83. The first kappa shape index (κ1) is 15.0. The first-order chi connectivity index (χ1) is 9.65. The van der Waals surface area contributed by atoms with Gasteiger partial charge < -0.3 is 10.6 Å². The molecule has 3 heteroatoms. The van der Waals surface area contributed by atoms with Crippen molar-refractivity contribution in [1.29, 1.82) is 0 Å². The molecule has 3 nitrogen and oxygen atoms in total. The summed E-state index contributed by atoms with van der Waals surface area (Å²) in [6.07, 6.45) is 3.93. The van der Waals surface area contributed by atoms with Crippen LogP contribution in [0, 0.1) is 5.92 Å². The van der Waals surface area contributed by atoms with E-state index in [9.17, 15) is 4.79 Å². The van der Waals surface area contributed by atoms with E-state index >= 15 is 0 Å². The predicted octanol–water partition coefficient (Wildman–Crippen LogP) is 2.51. The number of aryl methyl sites for hydroxylation is 1. The smallest absolute Gasteiger partial charge is 0.223 e. The first-order valence-electron chi connectivity index (χ1n) is 7.73. The van der Waals surface area contributed by atoms with E-state index < -0.39 is 0 Å². The van der Waals surface area contributed by atoms with Gasteiger partial charge in [-0.1, -0.05) is 30.3 Å². The molecule has 110 valence electrons. The highest BCUT2D eigenvalue weighted by atomic mass is 16.1. The number of rotatable bonds is 5. The van der Waals surface area contributed by atoms with Crippen molar-refractivity contribution in [2.45, 2.75) is 51.6 Å². The lowest BCUT2D eigenvalue weighted by molar-refractivity contribution is -0.126. The maximum absolute atomic E-state index is 12.2. The van der Waals surface area contributed by atoms with E-state index in [2.05, 4.69) is 48.7 Å². The van der Waals surface area contributed by atoms with Crippen molar-refractivity contribution in [2.24, 2.45) is 5.92 Å². The Morgan fingerprint density at radius 1 is 1.40 bits per heavy atom. The monoisotopic (exact) mass is 274 g/mol. The SMILES string of the molecule is CC(CCc1ccccc1)NC(=O)[C@H]1CCN[C@@H](C)C1. The number of nitrogens with one attached hydrogen (secondary N) is 2. The average molecular weight is 274 g/mol. The van der Waals surface area contributed by atoms with Crippen LogP contribution >= 0.6 is 0 Å². The Kier molecular flexibility index (Phi) is 5.60. The third-order valence-corrected chi connectivity index (χ3v) is 4.09. The highest BCUT2D eigenvalue weighted by Crippen LogP contribution is 2.16. The molecule has 0 saturated carbocycles. The van der Waals surface area contributed by atoms with E-state index in [0.717, 1.165) is 32.2 Å². The van der Waals surface area contributed by atoms with Crippen LogP contribution in [0.15, 0.2) is 30.3 Å². The van der Waals surface area contributed by atoms with Crippen molar-refractivity contribution >= 4 is 5.91 Å². The number of hydrogen-bond donors (Lipinski definition) is 2. The van der Waals surface area contributed by atoms with Gasteiger partial charge in [-0.15, -0.1) is 0 Å². The number of carbonyl (C=O) groups is 1. The van der Waals surface area contributed by atoms with E-state index in [1.165, 1.54) is 5.56 Å². The van der Waals surface area contributed by atoms with Crippen LogP contribution in [0.4, 0.5) is 0 Å². The van der Waals surface area contributed by atoms with Gasteiger partial charge in [0, 0.05) is 18.0 Å². The van der Waals surface area contributed by atoms with Crippen molar-refractivity contribution in [3.8, 4) is 0 Å². The third kappa shape index (κ3) is 4.64. The minimum atomic E-state index is 0.186. The van der Waals surface area contributed by atoms with E-state index in [1.54, 1.807) is 0 Å². The number of benzene rings is 1. The van der Waals surface area contributed by atoms with Gasteiger partial charge in [0.25, 0.3) is 0 Å². The lowest BCUT2D eigenvalue weighted by Gasteiger charge is -2.28. The lowest BCUT2D eigenvalue weighted by atomic mass is 9.92. The Bertz CT molecular complexity index is 418. The molecule has 1 heterocycles. The molecule has 0 aromatic heterocycles. The standard InChI is InChI=1S/C17H26N2O/c1-13(8-9-15-6-4-3-5-7-15)19-17(20)16-10-11-18-14(2)12-16/h3-7,13-14,16,18H,8-12H2,1-2H3,(H,19,20)/t13?,14-,16-/m0/s1. The summed E-state index contributed by atoms with van der Waals surface area (Å²) in [4.78, 5) is 12.2. The van der Waals surface area contributed by atoms with Gasteiger partial charge in [0.15, 0.2) is 0 Å². The van der Waals surface area contributed by atoms with Gasteiger partial charge in [-0.25, -0.2) is 0 Å². The summed E-state index contributed by atoms with van der Waals surface area (Å²) in [5.74, 6) is 0.421. The Balaban J connectivity index is 1.73. The van der Waals surface area contributed by atoms with E-state index in [4.69, 9.17) is 0 Å². The molecule has 3 atom stereocenters. The second-order valence-corrected chi connectivity index (χ2v) is 6.01. The van der Waals surface area contributed by atoms with E-state index in [0.29, 0.717) is 6.04 Å². The fourth-order valence-electron chi connectivity index (χ4n) is 2.83. The van der Waals surface area contributed by atoms with Crippen LogP contribution in [0.3, 0.4) is 0 Å². The minimum Gasteiger partial charge on any atom is -0.353 e. The summed E-state index contributed by atoms with van der Waals surface area (Å²) in [5, 5.41) is 6.56. The molecular formula is C17H26N2O. The molecule has 1 aromatic rings. The molecule has 1 amide bonds. The molecular weight excluding hydrogens is 248 g/mol. The fraction of sp³-hybridized carbons (Fsp3) is 0.588. The zero-order valence-corrected chi connectivity index (χ0v) is 12.6. The van der Waals surface area contributed by atoms with Crippen LogP contribution in [-0.4, -0.2) is 24.5 Å². The summed E-state index contributed by atoms with van der Waals surface area (Å²) < 4.78 is 0. The quantitative estimate of drug-likeness (QED) is 0.866. The van der Waals surface area contributed by atoms with E-state index in [1.807, 2.05) is 6.07 Å². The Morgan fingerprint density at radius 3 is 2.85 bits per heavy atom. The highest BCUT2D eigenvalue weighted by Gasteiger charge is 2.25. The molecule has 0 bridgehead atoms. The summed E-state index contributed by atoms with van der Waals surface area (Å²) in [5.41, 5.74) is 1.34. The normalized spacial score (nSPS) is 24.1. The van der Waals surface area contributed by atoms with Crippen molar-refractivity contribution in [1.82, 2.24) is 10.6 Å². The zero-order chi connectivity index (χ0) is 14.4. The number of hydrogen-bond acceptors (Lipinski definition) is 2. The van der Waals surface area contributed by atoms with Gasteiger partial charge in [0.05, 0.1) is 0 Å². The second kappa shape index (κ2) is 7.44. The number of amides is 1. The molecule has 0 aliphatic carbocycles. The van der Waals surface area contributed by atoms with Crippen LogP contribution in [0.2, 0.25) is 0 Å². The minimum absolute atomic E-state index is 0.186. The maximum atomic E-state index is 12.2. The largest absolute Gasteiger partial charge is 0.353 e. The van der Waals surface area contributed by atoms with Gasteiger partial charge in [-0.05, 0) is 51.6 Å². The van der Waals surface area contributed by atoms with Gasteiger partial charge >= 0.3 is 0 Å². The maximum Gasteiger partial charge on any atom is 0.223 e. The molecule has 0 spiro atoms. The molecule has 1 aromatic carbocycles. The van der Waals surface area contributed by atoms with E-state index in [-0.39, 0.29) is 17.9 Å². The molecule has 0 radical (unpaired) electrons. The van der Waals surface area contributed by atoms with Crippen molar-refractivity contribution in [3.05, 3.63) is 35.9 Å². The Labute approximate surface area is 122 Å². The molecule has 1 unspecified atom stereocenters. The molecule has 2 rings (SSSR count). The number of piperidine rings is 1. The summed E-state index contributed by atoms with van der Waals surface area (Å²) in [6, 6.07) is 11.1. The summed E-state index contributed by atoms with van der Waals surface area (Å²) >= 11 is 0. The summed E-state index contributed by atoms with van der Waals surface area (Å²) in [7, 11) is 0. The third-order valence-electron chi connectivity index (χ3n) is 4.09. The molecule has 1 aliphatic rings. The zero-order valence-electron chi connectivity index (χ0n) is 12.6. The van der Waals surface area contributed by atoms with Gasteiger partial charge in [-0.2, -0.15) is 0 Å². The lowest BCUT2D eigenvalue weighted by Crippen LogP contribution is -2.44. The topological polar surface area (TPSA) is 41.1 Å². The highest BCUT2D eigenvalue weighted by molar-refractivity contribution is 5.79.